The molecule has 2 rings (SSSR count). The van der Waals surface area contributed by atoms with E-state index in [1.165, 1.54) is 11.1 Å². The van der Waals surface area contributed by atoms with Crippen molar-refractivity contribution in [3.8, 4) is 5.75 Å². The minimum absolute atomic E-state index is 0.112. The molecule has 1 aliphatic heterocycles. The van der Waals surface area contributed by atoms with Crippen LogP contribution in [-0.4, -0.2) is 6.10 Å². The molecule has 0 bridgehead atoms. The van der Waals surface area contributed by atoms with Crippen LogP contribution in [0.4, 0.5) is 0 Å². The maximum Gasteiger partial charge on any atom is 0.124 e. The van der Waals surface area contributed by atoms with Crippen LogP contribution in [0, 0.1) is 0 Å². The Bertz CT molecular complexity index is 411. The molecular formula is C15H23NO. The molecule has 1 heterocycles. The number of rotatable bonds is 2. The Labute approximate surface area is 104 Å². The normalized spacial score (nSPS) is 24.1. The van der Waals surface area contributed by atoms with Crippen molar-refractivity contribution in [1.82, 2.24) is 0 Å². The quantitative estimate of drug-likeness (QED) is 0.848. The van der Waals surface area contributed by atoms with Gasteiger partial charge in [-0.1, -0.05) is 26.8 Å². The summed E-state index contributed by atoms with van der Waals surface area (Å²) in [6.45, 7) is 8.84. The smallest absolute Gasteiger partial charge is 0.124 e. The molecule has 0 aliphatic carbocycles. The molecule has 0 saturated carbocycles. The fourth-order valence-corrected chi connectivity index (χ4v) is 2.32. The molecule has 2 N–H and O–H groups in total. The average molecular weight is 233 g/mol. The minimum atomic E-state index is 0.112. The molecule has 0 radical (unpaired) electrons. The third-order valence-corrected chi connectivity index (χ3v) is 3.99. The molecule has 1 aromatic carbocycles. The van der Waals surface area contributed by atoms with Gasteiger partial charge in [0.25, 0.3) is 0 Å². The number of ether oxygens (including phenoxy) is 1. The Morgan fingerprint density at radius 3 is 2.76 bits per heavy atom. The van der Waals surface area contributed by atoms with Crippen LogP contribution in [-0.2, 0) is 5.41 Å². The highest BCUT2D eigenvalue weighted by Gasteiger charge is 2.26. The fraction of sp³-hybridized carbons (Fsp3) is 0.600. The van der Waals surface area contributed by atoms with E-state index in [-0.39, 0.29) is 17.6 Å². The summed E-state index contributed by atoms with van der Waals surface area (Å²) in [4.78, 5) is 0. The first-order valence-corrected chi connectivity index (χ1v) is 6.50. The van der Waals surface area contributed by atoms with Gasteiger partial charge in [-0.2, -0.15) is 0 Å². The number of nitrogens with two attached hydrogens (primary N) is 1. The lowest BCUT2D eigenvalue weighted by atomic mass is 9.80. The van der Waals surface area contributed by atoms with Gasteiger partial charge in [-0.3, -0.25) is 0 Å². The van der Waals surface area contributed by atoms with Crippen molar-refractivity contribution in [2.45, 2.75) is 58.1 Å². The van der Waals surface area contributed by atoms with Crippen LogP contribution in [0.5, 0.6) is 5.75 Å². The predicted octanol–water partition coefficient (Wildman–Crippen LogP) is 3.55. The van der Waals surface area contributed by atoms with Gasteiger partial charge < -0.3 is 10.5 Å². The van der Waals surface area contributed by atoms with Gasteiger partial charge in [0.05, 0.1) is 6.10 Å². The maximum atomic E-state index is 6.21. The van der Waals surface area contributed by atoms with E-state index in [0.29, 0.717) is 0 Å². The van der Waals surface area contributed by atoms with Crippen LogP contribution in [0.2, 0.25) is 0 Å². The molecular weight excluding hydrogens is 210 g/mol. The number of hydrogen-bond donors (Lipinski definition) is 1. The van der Waals surface area contributed by atoms with Crippen molar-refractivity contribution < 1.29 is 4.74 Å². The summed E-state index contributed by atoms with van der Waals surface area (Å²) in [7, 11) is 0. The van der Waals surface area contributed by atoms with Gasteiger partial charge in [0.2, 0.25) is 0 Å². The highest BCUT2D eigenvalue weighted by Crippen LogP contribution is 2.37. The summed E-state index contributed by atoms with van der Waals surface area (Å²) in [6, 6.07) is 6.60. The molecule has 2 atom stereocenters. The van der Waals surface area contributed by atoms with Crippen LogP contribution in [0.1, 0.15) is 57.7 Å². The molecule has 2 unspecified atom stereocenters. The summed E-state index contributed by atoms with van der Waals surface area (Å²) in [6.07, 6.45) is 2.25. The maximum absolute atomic E-state index is 6.21. The topological polar surface area (TPSA) is 35.2 Å². The fourth-order valence-electron chi connectivity index (χ4n) is 2.32. The zero-order chi connectivity index (χ0) is 12.6. The Morgan fingerprint density at radius 1 is 1.41 bits per heavy atom. The first-order chi connectivity index (χ1) is 7.94. The van der Waals surface area contributed by atoms with Gasteiger partial charge in [0.15, 0.2) is 0 Å². The van der Waals surface area contributed by atoms with E-state index in [9.17, 15) is 0 Å². The minimum Gasteiger partial charge on any atom is -0.490 e. The molecule has 17 heavy (non-hydrogen) atoms. The van der Waals surface area contributed by atoms with Crippen LogP contribution in [0.3, 0.4) is 0 Å². The monoisotopic (exact) mass is 233 g/mol. The Kier molecular flexibility index (Phi) is 3.17. The molecule has 2 nitrogen and oxygen atoms in total. The van der Waals surface area contributed by atoms with Gasteiger partial charge in [-0.05, 0) is 36.5 Å². The van der Waals surface area contributed by atoms with Crippen LogP contribution >= 0.6 is 0 Å². The van der Waals surface area contributed by atoms with E-state index < -0.39 is 0 Å². The van der Waals surface area contributed by atoms with Crippen molar-refractivity contribution in [1.29, 1.82) is 0 Å². The highest BCUT2D eigenvalue weighted by molar-refractivity contribution is 5.43. The second kappa shape index (κ2) is 4.34. The van der Waals surface area contributed by atoms with E-state index in [4.69, 9.17) is 10.5 Å². The zero-order valence-electron chi connectivity index (χ0n) is 11.3. The molecule has 0 fully saturated rings. The zero-order valence-corrected chi connectivity index (χ0v) is 11.3. The standard InChI is InChI=1S/C15H23NO/c1-5-15(3,4)11-6-7-14-12(9-11)13(16)8-10(2)17-14/h6-7,9-10,13H,5,8,16H2,1-4H3. The summed E-state index contributed by atoms with van der Waals surface area (Å²) in [5, 5.41) is 0. The molecule has 2 heteroatoms. The molecule has 0 spiro atoms. The largest absolute Gasteiger partial charge is 0.490 e. The van der Waals surface area contributed by atoms with Crippen molar-refractivity contribution in [2.24, 2.45) is 5.73 Å². The van der Waals surface area contributed by atoms with Crippen LogP contribution in [0.15, 0.2) is 18.2 Å². The third kappa shape index (κ3) is 2.32. The third-order valence-electron chi connectivity index (χ3n) is 3.99. The average Bonchev–Trinajstić information content (AvgIpc) is 2.28. The lowest BCUT2D eigenvalue weighted by Crippen LogP contribution is -2.28. The number of hydrogen-bond acceptors (Lipinski definition) is 2. The molecule has 0 saturated heterocycles. The number of fused-ring (bicyclic) bond motifs is 1. The van der Waals surface area contributed by atoms with Gasteiger partial charge in [0, 0.05) is 18.0 Å². The molecule has 1 aromatic rings. The summed E-state index contributed by atoms with van der Waals surface area (Å²) < 4.78 is 5.82. The van der Waals surface area contributed by atoms with Crippen molar-refractivity contribution in [2.75, 3.05) is 0 Å². The Balaban J connectivity index is 2.40. The summed E-state index contributed by atoms with van der Waals surface area (Å²) >= 11 is 0. The molecule has 0 amide bonds. The SMILES string of the molecule is CCC(C)(C)c1ccc2c(c1)C(N)CC(C)O2. The number of benzene rings is 1. The van der Waals surface area contributed by atoms with Crippen molar-refractivity contribution in [3.05, 3.63) is 29.3 Å². The van der Waals surface area contributed by atoms with Crippen LogP contribution in [0.25, 0.3) is 0 Å². The lowest BCUT2D eigenvalue weighted by molar-refractivity contribution is 0.177. The van der Waals surface area contributed by atoms with E-state index >= 15 is 0 Å². The first kappa shape index (κ1) is 12.4. The van der Waals surface area contributed by atoms with Crippen molar-refractivity contribution in [3.63, 3.8) is 0 Å². The Hall–Kier alpha value is -1.02. The summed E-state index contributed by atoms with van der Waals surface area (Å²) in [5.74, 6) is 0.965. The van der Waals surface area contributed by atoms with Gasteiger partial charge in [0.1, 0.15) is 5.75 Å². The van der Waals surface area contributed by atoms with Crippen molar-refractivity contribution >= 4 is 0 Å². The van der Waals surface area contributed by atoms with Gasteiger partial charge in [-0.25, -0.2) is 0 Å². The molecule has 0 aromatic heterocycles. The summed E-state index contributed by atoms with van der Waals surface area (Å²) in [5.41, 5.74) is 8.94. The van der Waals surface area contributed by atoms with E-state index in [1.54, 1.807) is 0 Å². The highest BCUT2D eigenvalue weighted by atomic mass is 16.5. The Morgan fingerprint density at radius 2 is 2.12 bits per heavy atom. The van der Waals surface area contributed by atoms with E-state index in [1.807, 2.05) is 0 Å². The second-order valence-electron chi connectivity index (χ2n) is 5.76. The van der Waals surface area contributed by atoms with Gasteiger partial charge >= 0.3 is 0 Å². The second-order valence-corrected chi connectivity index (χ2v) is 5.76. The molecule has 1 aliphatic rings. The molecule has 94 valence electrons. The van der Waals surface area contributed by atoms with E-state index in [2.05, 4.69) is 45.9 Å². The predicted molar refractivity (Wildman–Crippen MR) is 71.4 cm³/mol. The van der Waals surface area contributed by atoms with Crippen LogP contribution < -0.4 is 10.5 Å². The van der Waals surface area contributed by atoms with Gasteiger partial charge in [-0.15, -0.1) is 0 Å². The lowest BCUT2D eigenvalue weighted by Gasteiger charge is -2.31. The first-order valence-electron chi connectivity index (χ1n) is 6.50. The van der Waals surface area contributed by atoms with E-state index in [0.717, 1.165) is 18.6 Å².